The van der Waals surface area contributed by atoms with Crippen molar-refractivity contribution in [3.05, 3.63) is 29.5 Å². The number of aliphatic carboxylic acids is 1. The first kappa shape index (κ1) is 13.8. The molecule has 110 valence electrons. The summed E-state index contributed by atoms with van der Waals surface area (Å²) in [5.74, 6) is -1.42. The van der Waals surface area contributed by atoms with Crippen molar-refractivity contribution < 1.29 is 14.7 Å². The van der Waals surface area contributed by atoms with Crippen molar-refractivity contribution in [2.45, 2.75) is 12.8 Å². The minimum atomic E-state index is -0.827. The molecule has 1 saturated heterocycles. The van der Waals surface area contributed by atoms with Crippen LogP contribution in [0.1, 0.15) is 18.5 Å². The normalized spacial score (nSPS) is 19.4. The van der Waals surface area contributed by atoms with E-state index in [1.807, 2.05) is 16.0 Å². The van der Waals surface area contributed by atoms with E-state index in [0.717, 1.165) is 17.1 Å². The number of likely N-dealkylation sites (tertiary alicyclic amines) is 1. The van der Waals surface area contributed by atoms with Gasteiger partial charge in [0.2, 0.25) is 5.91 Å². The van der Waals surface area contributed by atoms with Crippen LogP contribution >= 0.6 is 11.3 Å². The lowest BCUT2D eigenvalue weighted by atomic mass is 9.98. The molecule has 21 heavy (non-hydrogen) atoms. The van der Waals surface area contributed by atoms with Gasteiger partial charge in [-0.05, 0) is 18.9 Å². The van der Waals surface area contributed by atoms with Crippen LogP contribution < -0.4 is 0 Å². The SMILES string of the molecule is O=C(O)C1CCCN(C(=O)/C=C/c2cnc3sccn23)C1. The molecule has 3 heterocycles. The fraction of sp³-hybridized carbons (Fsp3) is 0.357. The Kier molecular flexibility index (Phi) is 3.74. The standard InChI is InChI=1S/C14H15N3O3S/c18-12(16-5-1-2-10(9-16)13(19)20)4-3-11-8-15-14-17(11)6-7-21-14/h3-4,6-8,10H,1-2,5,9H2,(H,19,20)/b4-3+. The van der Waals surface area contributed by atoms with Gasteiger partial charge >= 0.3 is 5.97 Å². The molecule has 0 saturated carbocycles. The summed E-state index contributed by atoms with van der Waals surface area (Å²) in [4.78, 5) is 29.9. The number of carboxylic acids is 1. The molecule has 0 spiro atoms. The van der Waals surface area contributed by atoms with E-state index in [2.05, 4.69) is 4.98 Å². The number of carbonyl (C=O) groups is 2. The molecule has 2 aromatic rings. The van der Waals surface area contributed by atoms with Gasteiger partial charge in [-0.1, -0.05) is 0 Å². The lowest BCUT2D eigenvalue weighted by Gasteiger charge is -2.29. The number of rotatable bonds is 3. The number of carbonyl (C=O) groups excluding carboxylic acids is 1. The second-order valence-electron chi connectivity index (χ2n) is 5.03. The molecule has 3 rings (SSSR count). The highest BCUT2D eigenvalue weighted by Gasteiger charge is 2.27. The molecule has 1 N–H and O–H groups in total. The quantitative estimate of drug-likeness (QED) is 0.876. The monoisotopic (exact) mass is 305 g/mol. The van der Waals surface area contributed by atoms with Gasteiger partial charge in [-0.3, -0.25) is 14.0 Å². The number of hydrogen-bond acceptors (Lipinski definition) is 4. The van der Waals surface area contributed by atoms with Crippen molar-refractivity contribution >= 4 is 34.3 Å². The molecule has 0 aliphatic carbocycles. The lowest BCUT2D eigenvalue weighted by molar-refractivity contribution is -0.144. The Balaban J connectivity index is 1.69. The predicted molar refractivity (Wildman–Crippen MR) is 79.0 cm³/mol. The molecule has 0 radical (unpaired) electrons. The zero-order chi connectivity index (χ0) is 14.8. The molecule has 1 unspecified atom stereocenters. The van der Waals surface area contributed by atoms with Crippen molar-refractivity contribution in [1.82, 2.24) is 14.3 Å². The van der Waals surface area contributed by atoms with E-state index >= 15 is 0 Å². The average Bonchev–Trinajstić information content (AvgIpc) is 3.08. The maximum Gasteiger partial charge on any atom is 0.308 e. The zero-order valence-corrected chi connectivity index (χ0v) is 12.1. The van der Waals surface area contributed by atoms with Gasteiger partial charge in [0, 0.05) is 30.7 Å². The number of amides is 1. The number of hydrogen-bond donors (Lipinski definition) is 1. The Labute approximate surface area is 125 Å². The Morgan fingerprint density at radius 3 is 3.14 bits per heavy atom. The van der Waals surface area contributed by atoms with E-state index in [9.17, 15) is 9.59 Å². The topological polar surface area (TPSA) is 74.9 Å². The van der Waals surface area contributed by atoms with Crippen LogP contribution in [0.5, 0.6) is 0 Å². The van der Waals surface area contributed by atoms with Crippen molar-refractivity contribution in [3.8, 4) is 0 Å². The smallest absolute Gasteiger partial charge is 0.308 e. The summed E-state index contributed by atoms with van der Waals surface area (Å²) in [6, 6.07) is 0. The summed E-state index contributed by atoms with van der Waals surface area (Å²) < 4.78 is 1.91. The molecular formula is C14H15N3O3S. The van der Waals surface area contributed by atoms with E-state index < -0.39 is 11.9 Å². The first-order valence-electron chi connectivity index (χ1n) is 6.75. The molecule has 1 aliphatic rings. The van der Waals surface area contributed by atoms with Crippen LogP contribution in [0.15, 0.2) is 23.8 Å². The molecule has 1 aliphatic heterocycles. The van der Waals surface area contributed by atoms with Gasteiger partial charge in [-0.2, -0.15) is 0 Å². The third kappa shape index (κ3) is 2.82. The number of piperidine rings is 1. The van der Waals surface area contributed by atoms with Gasteiger partial charge < -0.3 is 10.0 Å². The van der Waals surface area contributed by atoms with Gasteiger partial charge in [-0.15, -0.1) is 11.3 Å². The summed E-state index contributed by atoms with van der Waals surface area (Å²) in [5, 5.41) is 11.0. The van der Waals surface area contributed by atoms with Gasteiger partial charge in [0.1, 0.15) is 0 Å². The van der Waals surface area contributed by atoms with E-state index in [1.54, 1.807) is 17.2 Å². The number of nitrogens with zero attached hydrogens (tertiary/aromatic N) is 3. The second-order valence-corrected chi connectivity index (χ2v) is 5.91. The Morgan fingerprint density at radius 2 is 2.33 bits per heavy atom. The number of imidazole rings is 1. The zero-order valence-electron chi connectivity index (χ0n) is 11.3. The molecule has 1 amide bonds. The van der Waals surface area contributed by atoms with Crippen molar-refractivity contribution in [2.75, 3.05) is 13.1 Å². The number of thiazole rings is 1. The maximum atomic E-state index is 12.2. The van der Waals surface area contributed by atoms with Crippen LogP contribution in [0.3, 0.4) is 0 Å². The average molecular weight is 305 g/mol. The number of fused-ring (bicyclic) bond motifs is 1. The van der Waals surface area contributed by atoms with E-state index in [-0.39, 0.29) is 5.91 Å². The van der Waals surface area contributed by atoms with Crippen molar-refractivity contribution in [1.29, 1.82) is 0 Å². The van der Waals surface area contributed by atoms with Crippen LogP contribution in [-0.2, 0) is 9.59 Å². The number of carboxylic acid groups (broad SMARTS) is 1. The second kappa shape index (κ2) is 5.69. The highest BCUT2D eigenvalue weighted by atomic mass is 32.1. The largest absolute Gasteiger partial charge is 0.481 e. The van der Waals surface area contributed by atoms with Crippen LogP contribution in [-0.4, -0.2) is 44.4 Å². The highest BCUT2D eigenvalue weighted by molar-refractivity contribution is 7.15. The third-order valence-electron chi connectivity index (χ3n) is 3.65. The Morgan fingerprint density at radius 1 is 1.48 bits per heavy atom. The van der Waals surface area contributed by atoms with Crippen molar-refractivity contribution in [2.24, 2.45) is 5.92 Å². The minimum absolute atomic E-state index is 0.147. The summed E-state index contributed by atoms with van der Waals surface area (Å²) >= 11 is 1.53. The third-order valence-corrected chi connectivity index (χ3v) is 4.42. The number of aromatic nitrogens is 2. The van der Waals surface area contributed by atoms with E-state index in [0.29, 0.717) is 19.5 Å². The first-order valence-corrected chi connectivity index (χ1v) is 7.63. The Bertz CT molecular complexity index is 703. The van der Waals surface area contributed by atoms with E-state index in [4.69, 9.17) is 5.11 Å². The Hall–Kier alpha value is -2.15. The predicted octanol–water partition coefficient (Wildman–Crippen LogP) is 1.73. The van der Waals surface area contributed by atoms with Gasteiger partial charge in [0.25, 0.3) is 0 Å². The summed E-state index contributed by atoms with van der Waals surface area (Å²) in [6.45, 7) is 0.909. The fourth-order valence-corrected chi connectivity index (χ4v) is 3.21. The first-order chi connectivity index (χ1) is 10.1. The van der Waals surface area contributed by atoms with Gasteiger partial charge in [-0.25, -0.2) is 4.98 Å². The molecule has 1 atom stereocenters. The fourth-order valence-electron chi connectivity index (χ4n) is 2.51. The van der Waals surface area contributed by atoms with Crippen LogP contribution in [0.2, 0.25) is 0 Å². The van der Waals surface area contributed by atoms with Gasteiger partial charge in [0.15, 0.2) is 4.96 Å². The molecule has 2 aromatic heterocycles. The molecule has 7 heteroatoms. The molecule has 1 fully saturated rings. The lowest BCUT2D eigenvalue weighted by Crippen LogP contribution is -2.41. The van der Waals surface area contributed by atoms with Crippen LogP contribution in [0, 0.1) is 5.92 Å². The highest BCUT2D eigenvalue weighted by Crippen LogP contribution is 2.18. The van der Waals surface area contributed by atoms with Crippen molar-refractivity contribution in [3.63, 3.8) is 0 Å². The molecule has 6 nitrogen and oxygen atoms in total. The van der Waals surface area contributed by atoms with Crippen LogP contribution in [0.25, 0.3) is 11.0 Å². The summed E-state index contributed by atoms with van der Waals surface area (Å²) in [6.07, 6.45) is 8.20. The van der Waals surface area contributed by atoms with Crippen LogP contribution in [0.4, 0.5) is 0 Å². The minimum Gasteiger partial charge on any atom is -0.481 e. The van der Waals surface area contributed by atoms with Gasteiger partial charge in [0.05, 0.1) is 17.8 Å². The molecule has 0 bridgehead atoms. The maximum absolute atomic E-state index is 12.2. The summed E-state index contributed by atoms with van der Waals surface area (Å²) in [5.41, 5.74) is 0.839. The van der Waals surface area contributed by atoms with E-state index in [1.165, 1.54) is 17.4 Å². The molecule has 0 aromatic carbocycles. The summed E-state index contributed by atoms with van der Waals surface area (Å²) in [7, 11) is 0. The molecular weight excluding hydrogens is 290 g/mol.